The second kappa shape index (κ2) is 6.88. The maximum absolute atomic E-state index is 12.0. The van der Waals surface area contributed by atoms with Crippen LogP contribution in [-0.4, -0.2) is 23.3 Å². The number of aromatic hydroxyl groups is 2. The first-order valence-electron chi connectivity index (χ1n) is 9.94. The van der Waals surface area contributed by atoms with Crippen LogP contribution in [0, 0.1) is 22.7 Å². The van der Waals surface area contributed by atoms with Gasteiger partial charge in [-0.2, -0.15) is 0 Å². The molecule has 0 bridgehead atoms. The summed E-state index contributed by atoms with van der Waals surface area (Å²) in [5.74, 6) is 0.107. The third-order valence-corrected chi connectivity index (χ3v) is 7.76. The van der Waals surface area contributed by atoms with E-state index >= 15 is 0 Å². The lowest BCUT2D eigenvalue weighted by Crippen LogP contribution is -2.50. The predicted octanol–water partition coefficient (Wildman–Crippen LogP) is 5.23. The van der Waals surface area contributed by atoms with Crippen molar-refractivity contribution in [1.29, 1.82) is 0 Å². The Hall–Kier alpha value is -1.97. The van der Waals surface area contributed by atoms with Crippen LogP contribution in [0.4, 0.5) is 0 Å². The fraction of sp³-hybridized carbons (Fsp3) is 0.609. The topological polar surface area (TPSA) is 66.8 Å². The van der Waals surface area contributed by atoms with E-state index in [1.165, 1.54) is 25.2 Å². The van der Waals surface area contributed by atoms with Crippen LogP contribution in [0.1, 0.15) is 69.3 Å². The van der Waals surface area contributed by atoms with Crippen LogP contribution in [0.5, 0.6) is 11.5 Å². The van der Waals surface area contributed by atoms with E-state index in [0.717, 1.165) is 19.3 Å². The zero-order valence-electron chi connectivity index (χ0n) is 17.1. The van der Waals surface area contributed by atoms with E-state index in [2.05, 4.69) is 33.8 Å². The number of phenols is 2. The van der Waals surface area contributed by atoms with Gasteiger partial charge in [0.05, 0.1) is 12.7 Å². The van der Waals surface area contributed by atoms with Crippen molar-refractivity contribution in [1.82, 2.24) is 0 Å². The van der Waals surface area contributed by atoms with Crippen LogP contribution in [0.25, 0.3) is 0 Å². The van der Waals surface area contributed by atoms with E-state index in [-0.39, 0.29) is 27.9 Å². The summed E-state index contributed by atoms with van der Waals surface area (Å²) < 4.78 is 4.80. The Morgan fingerprint density at radius 2 is 1.96 bits per heavy atom. The van der Waals surface area contributed by atoms with Gasteiger partial charge in [-0.3, -0.25) is 0 Å². The second-order valence-corrected chi connectivity index (χ2v) is 9.05. The molecule has 2 aliphatic carbocycles. The molecule has 2 aliphatic rings. The van der Waals surface area contributed by atoms with Crippen LogP contribution in [0.15, 0.2) is 23.8 Å². The Kier molecular flexibility index (Phi) is 5.04. The Balaban J connectivity index is 2.04. The SMILES string of the molecule is COC(=O)c1cc(O)c(O)c(C[C@]2(C)[C@@H](C)CC[C@]3(C)C(C)=CCC[C@@H]23)c1. The van der Waals surface area contributed by atoms with Crippen LogP contribution in [0.3, 0.4) is 0 Å². The average molecular weight is 373 g/mol. The van der Waals surface area contributed by atoms with Gasteiger partial charge in [0.2, 0.25) is 0 Å². The van der Waals surface area contributed by atoms with Gasteiger partial charge in [-0.15, -0.1) is 0 Å². The van der Waals surface area contributed by atoms with Gasteiger partial charge in [-0.05, 0) is 79.4 Å². The molecule has 4 atom stereocenters. The zero-order chi connectivity index (χ0) is 20.0. The number of carbonyl (C=O) groups excluding carboxylic acids is 1. The largest absolute Gasteiger partial charge is 0.504 e. The third kappa shape index (κ3) is 3.13. The number of benzene rings is 1. The molecule has 0 unspecified atom stereocenters. The molecule has 0 aliphatic heterocycles. The van der Waals surface area contributed by atoms with E-state index in [4.69, 9.17) is 4.74 Å². The van der Waals surface area contributed by atoms with Crippen molar-refractivity contribution in [3.63, 3.8) is 0 Å². The Bertz CT molecular complexity index is 781. The summed E-state index contributed by atoms with van der Waals surface area (Å²) in [4.78, 5) is 12.0. The summed E-state index contributed by atoms with van der Waals surface area (Å²) in [6, 6.07) is 2.95. The highest BCUT2D eigenvalue weighted by atomic mass is 16.5. The molecule has 0 aromatic heterocycles. The van der Waals surface area contributed by atoms with Crippen molar-refractivity contribution in [3.05, 3.63) is 34.9 Å². The molecule has 2 N–H and O–H groups in total. The van der Waals surface area contributed by atoms with Gasteiger partial charge in [0.25, 0.3) is 0 Å². The molecule has 4 nitrogen and oxygen atoms in total. The Morgan fingerprint density at radius 3 is 2.63 bits per heavy atom. The number of esters is 1. The molecule has 0 spiro atoms. The summed E-state index contributed by atoms with van der Waals surface area (Å²) >= 11 is 0. The number of hydrogen-bond donors (Lipinski definition) is 2. The molecule has 148 valence electrons. The van der Waals surface area contributed by atoms with Gasteiger partial charge in [0.1, 0.15) is 0 Å². The molecular formula is C23H32O4. The van der Waals surface area contributed by atoms with Crippen LogP contribution >= 0.6 is 0 Å². The number of ether oxygens (including phenoxy) is 1. The van der Waals surface area contributed by atoms with E-state index in [1.807, 2.05) is 0 Å². The minimum Gasteiger partial charge on any atom is -0.504 e. The summed E-state index contributed by atoms with van der Waals surface area (Å²) in [6.45, 7) is 9.26. The van der Waals surface area contributed by atoms with E-state index in [0.29, 0.717) is 23.8 Å². The summed E-state index contributed by atoms with van der Waals surface area (Å²) in [6.07, 6.45) is 7.57. The average Bonchev–Trinajstić information content (AvgIpc) is 2.63. The first-order chi connectivity index (χ1) is 12.6. The number of phenolic OH excluding ortho intramolecular Hbond substituents is 2. The quantitative estimate of drug-likeness (QED) is 0.433. The molecule has 1 fully saturated rings. The number of methoxy groups -OCH3 is 1. The summed E-state index contributed by atoms with van der Waals surface area (Å²) in [7, 11) is 1.32. The van der Waals surface area contributed by atoms with Crippen molar-refractivity contribution < 1.29 is 19.7 Å². The molecule has 0 saturated heterocycles. The van der Waals surface area contributed by atoms with Crippen molar-refractivity contribution in [2.75, 3.05) is 7.11 Å². The Morgan fingerprint density at radius 1 is 1.26 bits per heavy atom. The molecule has 1 aromatic carbocycles. The molecule has 3 rings (SSSR count). The zero-order valence-corrected chi connectivity index (χ0v) is 17.1. The van der Waals surface area contributed by atoms with E-state index in [9.17, 15) is 15.0 Å². The molecule has 27 heavy (non-hydrogen) atoms. The fourth-order valence-electron chi connectivity index (χ4n) is 5.67. The van der Waals surface area contributed by atoms with Crippen LogP contribution in [-0.2, 0) is 11.2 Å². The number of rotatable bonds is 3. The maximum atomic E-state index is 12.0. The standard InChI is InChI=1S/C23H32O4/c1-14-7-6-8-19-22(14,3)10-9-15(2)23(19,4)13-17-11-16(21(26)27-5)12-18(24)20(17)25/h7,11-12,15,19,24-25H,6,8-10,13H2,1-5H3/t15-,19+,22+,23+/m0/s1. The van der Waals surface area contributed by atoms with Crippen LogP contribution < -0.4 is 0 Å². The second-order valence-electron chi connectivity index (χ2n) is 9.05. The van der Waals surface area contributed by atoms with Crippen molar-refractivity contribution in [2.45, 2.75) is 59.8 Å². The van der Waals surface area contributed by atoms with Crippen molar-refractivity contribution in [3.8, 4) is 11.5 Å². The fourth-order valence-corrected chi connectivity index (χ4v) is 5.67. The normalized spacial score (nSPS) is 33.1. The molecule has 4 heteroatoms. The van der Waals surface area contributed by atoms with Gasteiger partial charge >= 0.3 is 5.97 Å². The van der Waals surface area contributed by atoms with Crippen molar-refractivity contribution >= 4 is 5.97 Å². The number of carbonyl (C=O) groups is 1. The Labute approximate surface area is 162 Å². The minimum absolute atomic E-state index is 0.0266. The number of fused-ring (bicyclic) bond motifs is 1. The summed E-state index contributed by atoms with van der Waals surface area (Å²) in [5, 5.41) is 20.7. The van der Waals surface area contributed by atoms with Crippen molar-refractivity contribution in [2.24, 2.45) is 22.7 Å². The van der Waals surface area contributed by atoms with E-state index in [1.54, 1.807) is 6.07 Å². The highest BCUT2D eigenvalue weighted by Crippen LogP contribution is 2.61. The van der Waals surface area contributed by atoms with Gasteiger partial charge in [0.15, 0.2) is 11.5 Å². The summed E-state index contributed by atoms with van der Waals surface area (Å²) in [5.41, 5.74) is 2.53. The molecular weight excluding hydrogens is 340 g/mol. The molecule has 0 radical (unpaired) electrons. The highest BCUT2D eigenvalue weighted by molar-refractivity contribution is 5.90. The predicted molar refractivity (Wildman–Crippen MR) is 106 cm³/mol. The molecule has 0 amide bonds. The molecule has 0 heterocycles. The highest BCUT2D eigenvalue weighted by Gasteiger charge is 2.53. The maximum Gasteiger partial charge on any atom is 0.337 e. The lowest BCUT2D eigenvalue weighted by molar-refractivity contribution is -0.0412. The molecule has 1 aromatic rings. The van der Waals surface area contributed by atoms with E-state index < -0.39 is 5.97 Å². The first-order valence-corrected chi connectivity index (χ1v) is 9.94. The lowest BCUT2D eigenvalue weighted by Gasteiger charge is -2.58. The monoisotopic (exact) mass is 372 g/mol. The minimum atomic E-state index is -0.505. The lowest BCUT2D eigenvalue weighted by atomic mass is 9.47. The molecule has 1 saturated carbocycles. The third-order valence-electron chi connectivity index (χ3n) is 7.76. The van der Waals surface area contributed by atoms with Gasteiger partial charge in [0, 0.05) is 0 Å². The number of hydrogen-bond acceptors (Lipinski definition) is 4. The van der Waals surface area contributed by atoms with Gasteiger partial charge in [-0.25, -0.2) is 4.79 Å². The van der Waals surface area contributed by atoms with Gasteiger partial charge in [-0.1, -0.05) is 32.4 Å². The first kappa shape index (κ1) is 19.8. The smallest absolute Gasteiger partial charge is 0.337 e. The number of allylic oxidation sites excluding steroid dienone is 2. The van der Waals surface area contributed by atoms with Gasteiger partial charge < -0.3 is 14.9 Å². The van der Waals surface area contributed by atoms with Crippen LogP contribution in [0.2, 0.25) is 0 Å².